The Morgan fingerprint density at radius 2 is 1.61 bits per heavy atom. The van der Waals surface area contributed by atoms with E-state index in [0.29, 0.717) is 55.1 Å². The van der Waals surface area contributed by atoms with E-state index in [1.165, 1.54) is 30.3 Å². The minimum Gasteiger partial charge on any atom is -0.478 e. The Balaban J connectivity index is 0.00000241. The maximum absolute atomic E-state index is 13.1. The second-order valence-corrected chi connectivity index (χ2v) is 8.58. The van der Waals surface area contributed by atoms with Gasteiger partial charge in [0, 0.05) is 56.9 Å². The lowest BCUT2D eigenvalue weighted by Crippen LogP contribution is -2.49. The fourth-order valence-electron chi connectivity index (χ4n) is 3.90. The van der Waals surface area contributed by atoms with Crippen LogP contribution in [0.2, 0.25) is 0 Å². The van der Waals surface area contributed by atoms with Crippen molar-refractivity contribution in [1.82, 2.24) is 14.8 Å². The highest BCUT2D eigenvalue weighted by molar-refractivity contribution is 6.08. The number of likely N-dealkylation sites (N-methyl/N-ethyl adjacent to an activating group) is 1. The molecule has 1 aliphatic rings. The zero-order valence-electron chi connectivity index (χ0n) is 20.7. The summed E-state index contributed by atoms with van der Waals surface area (Å²) in [6.07, 6.45) is 0. The number of carbonyl (C=O) groups is 3. The molecule has 0 radical (unpaired) electrons. The van der Waals surface area contributed by atoms with Gasteiger partial charge in [0.25, 0.3) is 5.91 Å². The second kappa shape index (κ2) is 14.1. The van der Waals surface area contributed by atoms with Gasteiger partial charge >= 0.3 is 5.97 Å². The summed E-state index contributed by atoms with van der Waals surface area (Å²) in [7, 11) is 3.45. The number of piperazine rings is 1. The van der Waals surface area contributed by atoms with Gasteiger partial charge in [0.2, 0.25) is 5.91 Å². The predicted octanol–water partition coefficient (Wildman–Crippen LogP) is 3.80. The monoisotopic (exact) mass is 587 g/mol. The smallest absolute Gasteiger partial charge is 0.336 e. The maximum Gasteiger partial charge on any atom is 0.336 e. The Kier molecular flexibility index (Phi) is 12.2. The summed E-state index contributed by atoms with van der Waals surface area (Å²) in [6, 6.07) is 11.6. The van der Waals surface area contributed by atoms with E-state index in [4.69, 9.17) is 0 Å². The number of nitrogens with one attached hydrogen (secondary N) is 1. The normalized spacial score (nSPS) is 13.0. The molecule has 0 aliphatic carbocycles. The average molecular weight is 589 g/mol. The molecule has 13 heteroatoms. The number of hydrogen-bond acceptors (Lipinski definition) is 6. The molecule has 38 heavy (non-hydrogen) atoms. The van der Waals surface area contributed by atoms with Crippen molar-refractivity contribution in [2.24, 2.45) is 0 Å². The number of aromatic carboxylic acids is 1. The Morgan fingerprint density at radius 1 is 0.974 bits per heavy atom. The molecule has 0 bridgehead atoms. The molecule has 206 valence electrons. The Morgan fingerprint density at radius 3 is 2.18 bits per heavy atom. The van der Waals surface area contributed by atoms with E-state index < -0.39 is 17.7 Å². The van der Waals surface area contributed by atoms with Crippen LogP contribution in [0.25, 0.3) is 10.9 Å². The van der Waals surface area contributed by atoms with Crippen molar-refractivity contribution in [1.29, 1.82) is 0 Å². The third-order valence-corrected chi connectivity index (χ3v) is 5.94. The lowest BCUT2D eigenvalue weighted by atomic mass is 10.1. The number of carboxylic acids is 1. The summed E-state index contributed by atoms with van der Waals surface area (Å²) in [4.78, 5) is 46.8. The highest BCUT2D eigenvalue weighted by Gasteiger charge is 2.22. The van der Waals surface area contributed by atoms with E-state index in [1.807, 2.05) is 4.90 Å². The number of halogens is 4. The SMILES string of the molecule is CN(C)C(=O)CN1CCN(c2cc(C(=O)O)c3cc(NC(=O)c4ccc(F)cc4)ccc3n2)CC1.Cl.Cl.Cl. The van der Waals surface area contributed by atoms with Crippen LogP contribution in [0, 0.1) is 5.82 Å². The van der Waals surface area contributed by atoms with Crippen molar-refractivity contribution in [2.45, 2.75) is 0 Å². The third-order valence-electron chi connectivity index (χ3n) is 5.94. The highest BCUT2D eigenvalue weighted by atomic mass is 35.5. The van der Waals surface area contributed by atoms with Crippen LogP contribution in [0.3, 0.4) is 0 Å². The van der Waals surface area contributed by atoms with Gasteiger partial charge in [-0.2, -0.15) is 0 Å². The van der Waals surface area contributed by atoms with Crippen molar-refractivity contribution in [2.75, 3.05) is 57.0 Å². The van der Waals surface area contributed by atoms with E-state index >= 15 is 0 Å². The quantitative estimate of drug-likeness (QED) is 0.451. The van der Waals surface area contributed by atoms with Gasteiger partial charge in [-0.3, -0.25) is 14.5 Å². The van der Waals surface area contributed by atoms with Crippen LogP contribution in [-0.2, 0) is 4.79 Å². The number of carbonyl (C=O) groups excluding carboxylic acids is 2. The molecule has 2 N–H and O–H groups in total. The number of nitrogens with zero attached hydrogens (tertiary/aromatic N) is 4. The van der Waals surface area contributed by atoms with Crippen molar-refractivity contribution < 1.29 is 23.9 Å². The topological polar surface area (TPSA) is 106 Å². The van der Waals surface area contributed by atoms with Gasteiger partial charge in [0.15, 0.2) is 0 Å². The van der Waals surface area contributed by atoms with Gasteiger partial charge in [-0.05, 0) is 48.5 Å². The van der Waals surface area contributed by atoms with Gasteiger partial charge in [0.1, 0.15) is 11.6 Å². The Labute approximate surface area is 238 Å². The summed E-state index contributed by atoms with van der Waals surface area (Å²) >= 11 is 0. The molecule has 3 aromatic rings. The summed E-state index contributed by atoms with van der Waals surface area (Å²) < 4.78 is 13.1. The van der Waals surface area contributed by atoms with Crippen LogP contribution in [-0.4, -0.2) is 84.5 Å². The molecule has 2 heterocycles. The lowest BCUT2D eigenvalue weighted by molar-refractivity contribution is -0.129. The number of carboxylic acid groups (broad SMARTS) is 1. The number of anilines is 2. The van der Waals surface area contributed by atoms with Crippen LogP contribution in [0.15, 0.2) is 48.5 Å². The first kappa shape index (κ1) is 32.8. The molecular weight excluding hydrogens is 560 g/mol. The highest BCUT2D eigenvalue weighted by Crippen LogP contribution is 2.27. The molecule has 0 unspecified atom stereocenters. The van der Waals surface area contributed by atoms with Gasteiger partial charge in [0.05, 0.1) is 17.6 Å². The van der Waals surface area contributed by atoms with Crippen molar-refractivity contribution >= 4 is 77.4 Å². The molecular formula is C25H29Cl3FN5O4. The number of hydrogen-bond donors (Lipinski definition) is 2. The summed E-state index contributed by atoms with van der Waals surface area (Å²) in [5, 5.41) is 13.0. The van der Waals surface area contributed by atoms with E-state index in [0.717, 1.165) is 0 Å². The Bertz CT molecular complexity index is 1290. The van der Waals surface area contributed by atoms with Crippen LogP contribution in [0.1, 0.15) is 20.7 Å². The molecule has 1 aliphatic heterocycles. The fraction of sp³-hybridized carbons (Fsp3) is 0.280. The van der Waals surface area contributed by atoms with E-state index in [-0.39, 0.29) is 54.3 Å². The molecule has 0 spiro atoms. The number of amides is 2. The zero-order valence-corrected chi connectivity index (χ0v) is 23.2. The number of aromatic nitrogens is 1. The molecule has 2 amide bonds. The summed E-state index contributed by atoms with van der Waals surface area (Å²) in [6.45, 7) is 2.90. The molecule has 1 saturated heterocycles. The van der Waals surface area contributed by atoms with Gasteiger partial charge in [-0.25, -0.2) is 14.2 Å². The molecule has 2 aromatic carbocycles. The van der Waals surface area contributed by atoms with E-state index in [9.17, 15) is 23.9 Å². The molecule has 1 aromatic heterocycles. The lowest BCUT2D eigenvalue weighted by Gasteiger charge is -2.35. The van der Waals surface area contributed by atoms with E-state index in [1.54, 1.807) is 37.2 Å². The maximum atomic E-state index is 13.1. The van der Waals surface area contributed by atoms with Gasteiger partial charge in [-0.15, -0.1) is 37.2 Å². The van der Waals surface area contributed by atoms with Crippen molar-refractivity contribution in [3.8, 4) is 0 Å². The Hall–Kier alpha value is -3.18. The third kappa shape index (κ3) is 7.67. The summed E-state index contributed by atoms with van der Waals surface area (Å²) in [5.41, 5.74) is 1.26. The number of rotatable bonds is 6. The van der Waals surface area contributed by atoms with Crippen molar-refractivity contribution in [3.63, 3.8) is 0 Å². The molecule has 4 rings (SSSR count). The predicted molar refractivity (Wildman–Crippen MR) is 152 cm³/mol. The molecule has 1 fully saturated rings. The fourth-order valence-corrected chi connectivity index (χ4v) is 3.90. The van der Waals surface area contributed by atoms with Crippen LogP contribution in [0.4, 0.5) is 15.9 Å². The first-order valence-electron chi connectivity index (χ1n) is 11.1. The van der Waals surface area contributed by atoms with Gasteiger partial charge in [-0.1, -0.05) is 0 Å². The zero-order chi connectivity index (χ0) is 25.1. The minimum atomic E-state index is -1.10. The molecule has 9 nitrogen and oxygen atoms in total. The van der Waals surface area contributed by atoms with Gasteiger partial charge < -0.3 is 20.2 Å². The molecule has 0 saturated carbocycles. The number of pyridine rings is 1. The number of benzene rings is 2. The van der Waals surface area contributed by atoms with Crippen molar-refractivity contribution in [3.05, 3.63) is 65.5 Å². The molecule has 0 atom stereocenters. The first-order valence-corrected chi connectivity index (χ1v) is 11.1. The standard InChI is InChI=1S/C25H26FN5O4.3ClH/c1-29(2)23(32)15-30-9-11-31(12-10-30)22-14-20(25(34)35)19-13-18(7-8-21(19)28-22)27-24(33)16-3-5-17(26)6-4-16;;;/h3-8,13-14H,9-12,15H2,1-2H3,(H,27,33)(H,34,35);3*1H. The summed E-state index contributed by atoms with van der Waals surface area (Å²) in [5.74, 6) is -1.38. The minimum absolute atomic E-state index is 0. The van der Waals surface area contributed by atoms with E-state index in [2.05, 4.69) is 15.2 Å². The van der Waals surface area contributed by atoms with Crippen LogP contribution < -0.4 is 10.2 Å². The van der Waals surface area contributed by atoms with Crippen LogP contribution in [0.5, 0.6) is 0 Å². The number of fused-ring (bicyclic) bond motifs is 1. The average Bonchev–Trinajstić information content (AvgIpc) is 2.84. The second-order valence-electron chi connectivity index (χ2n) is 8.58. The first-order chi connectivity index (χ1) is 16.7. The largest absolute Gasteiger partial charge is 0.478 e. The van der Waals surface area contributed by atoms with Crippen LogP contribution >= 0.6 is 37.2 Å².